The molecule has 0 bridgehead atoms. The van der Waals surface area contributed by atoms with Crippen molar-refractivity contribution in [2.24, 2.45) is 5.10 Å². The standard InChI is InChI=1S/C23H25FN6OS/c1-4-13-30-21(14-25-20-11-5-16(2)6-12-20)27-29-23(30)32-15-22(31)28-26-17(3)18-7-9-19(24)10-8-18/h4-12,25H,1,13-15H2,2-3H3,(H,28,31)/b26-17+. The summed E-state index contributed by atoms with van der Waals surface area (Å²) in [6.07, 6.45) is 1.76. The van der Waals surface area contributed by atoms with E-state index in [1.54, 1.807) is 25.1 Å². The van der Waals surface area contributed by atoms with Crippen LogP contribution in [-0.2, 0) is 17.9 Å². The molecular weight excluding hydrogens is 427 g/mol. The van der Waals surface area contributed by atoms with Crippen LogP contribution in [0.1, 0.15) is 23.9 Å². The second kappa shape index (κ2) is 11.2. The van der Waals surface area contributed by atoms with Gasteiger partial charge < -0.3 is 9.88 Å². The SMILES string of the molecule is C=CCn1c(CNc2ccc(C)cc2)nnc1SCC(=O)N/N=C(\C)c1ccc(F)cc1. The maximum atomic E-state index is 13.0. The average Bonchev–Trinajstić information content (AvgIpc) is 3.18. The van der Waals surface area contributed by atoms with Crippen molar-refractivity contribution in [3.05, 3.63) is 84.0 Å². The zero-order valence-corrected chi connectivity index (χ0v) is 18.8. The molecule has 0 radical (unpaired) electrons. The Bertz CT molecular complexity index is 1090. The summed E-state index contributed by atoms with van der Waals surface area (Å²) in [4.78, 5) is 12.2. The molecule has 0 aliphatic rings. The number of carbonyl (C=O) groups is 1. The summed E-state index contributed by atoms with van der Waals surface area (Å²) >= 11 is 1.27. The summed E-state index contributed by atoms with van der Waals surface area (Å²) in [5.41, 5.74) is 6.02. The molecule has 166 valence electrons. The predicted molar refractivity (Wildman–Crippen MR) is 126 cm³/mol. The number of halogens is 1. The van der Waals surface area contributed by atoms with E-state index in [1.165, 1.54) is 29.5 Å². The number of nitrogens with zero attached hydrogens (tertiary/aromatic N) is 4. The highest BCUT2D eigenvalue weighted by molar-refractivity contribution is 7.99. The maximum Gasteiger partial charge on any atom is 0.250 e. The molecule has 0 saturated carbocycles. The average molecular weight is 453 g/mol. The third-order valence-corrected chi connectivity index (χ3v) is 5.52. The summed E-state index contributed by atoms with van der Waals surface area (Å²) in [6.45, 7) is 8.61. The van der Waals surface area contributed by atoms with Crippen molar-refractivity contribution in [1.29, 1.82) is 0 Å². The summed E-state index contributed by atoms with van der Waals surface area (Å²) < 4.78 is 14.9. The Morgan fingerprint density at radius 1 is 1.19 bits per heavy atom. The van der Waals surface area contributed by atoms with Gasteiger partial charge in [-0.15, -0.1) is 16.8 Å². The van der Waals surface area contributed by atoms with Crippen molar-refractivity contribution in [2.45, 2.75) is 32.1 Å². The van der Waals surface area contributed by atoms with Gasteiger partial charge in [-0.1, -0.05) is 47.7 Å². The van der Waals surface area contributed by atoms with Gasteiger partial charge >= 0.3 is 0 Å². The van der Waals surface area contributed by atoms with E-state index in [-0.39, 0.29) is 17.5 Å². The lowest BCUT2D eigenvalue weighted by Crippen LogP contribution is -2.21. The highest BCUT2D eigenvalue weighted by Crippen LogP contribution is 2.18. The minimum atomic E-state index is -0.320. The monoisotopic (exact) mass is 452 g/mol. The molecule has 3 rings (SSSR count). The van der Waals surface area contributed by atoms with Crippen molar-refractivity contribution in [1.82, 2.24) is 20.2 Å². The fourth-order valence-electron chi connectivity index (χ4n) is 2.79. The molecule has 3 aromatic rings. The van der Waals surface area contributed by atoms with Gasteiger partial charge in [0.15, 0.2) is 11.0 Å². The second-order valence-electron chi connectivity index (χ2n) is 7.05. The first kappa shape index (κ1) is 23.2. The molecule has 0 aliphatic carbocycles. The Hall–Kier alpha value is -3.46. The summed E-state index contributed by atoms with van der Waals surface area (Å²) in [5, 5.41) is 16.5. The van der Waals surface area contributed by atoms with Crippen LogP contribution in [0.15, 0.2) is 71.4 Å². The molecule has 32 heavy (non-hydrogen) atoms. The molecule has 2 N–H and O–H groups in total. The van der Waals surface area contributed by atoms with Gasteiger partial charge in [0.05, 0.1) is 18.0 Å². The third-order valence-electron chi connectivity index (χ3n) is 4.55. The topological polar surface area (TPSA) is 84.2 Å². The van der Waals surface area contributed by atoms with Crippen molar-refractivity contribution < 1.29 is 9.18 Å². The molecule has 1 amide bonds. The number of anilines is 1. The number of allylic oxidation sites excluding steroid dienone is 1. The number of rotatable bonds is 10. The van der Waals surface area contributed by atoms with Crippen LogP contribution in [0, 0.1) is 12.7 Å². The van der Waals surface area contributed by atoms with Crippen LogP contribution in [0.3, 0.4) is 0 Å². The zero-order chi connectivity index (χ0) is 22.9. The van der Waals surface area contributed by atoms with Crippen LogP contribution < -0.4 is 10.7 Å². The Balaban J connectivity index is 1.57. The lowest BCUT2D eigenvalue weighted by Gasteiger charge is -2.09. The fourth-order valence-corrected chi connectivity index (χ4v) is 3.54. The number of benzene rings is 2. The molecule has 0 saturated heterocycles. The van der Waals surface area contributed by atoms with E-state index in [2.05, 4.69) is 32.6 Å². The number of hydrazone groups is 1. The van der Waals surface area contributed by atoms with Crippen LogP contribution in [-0.4, -0.2) is 32.1 Å². The first-order valence-corrected chi connectivity index (χ1v) is 11.0. The van der Waals surface area contributed by atoms with Crippen LogP contribution in [0.2, 0.25) is 0 Å². The molecular formula is C23H25FN6OS. The summed E-state index contributed by atoms with van der Waals surface area (Å²) in [5.74, 6) is 0.280. The lowest BCUT2D eigenvalue weighted by molar-refractivity contribution is -0.118. The molecule has 1 aromatic heterocycles. The zero-order valence-electron chi connectivity index (χ0n) is 18.0. The number of aromatic nitrogens is 3. The van der Waals surface area contributed by atoms with Gasteiger partial charge in [-0.3, -0.25) is 4.79 Å². The van der Waals surface area contributed by atoms with Crippen LogP contribution in [0.4, 0.5) is 10.1 Å². The quantitative estimate of drug-likeness (QED) is 0.209. The summed E-state index contributed by atoms with van der Waals surface area (Å²) in [6, 6.07) is 14.0. The fraction of sp³-hybridized carbons (Fsp3) is 0.217. The molecule has 0 unspecified atom stereocenters. The number of hydrogen-bond donors (Lipinski definition) is 2. The van der Waals surface area contributed by atoms with Crippen molar-refractivity contribution in [2.75, 3.05) is 11.1 Å². The minimum Gasteiger partial charge on any atom is -0.378 e. The van der Waals surface area contributed by atoms with Gasteiger partial charge in [0.1, 0.15) is 5.82 Å². The molecule has 2 aromatic carbocycles. The van der Waals surface area contributed by atoms with Gasteiger partial charge in [-0.05, 0) is 43.7 Å². The van der Waals surface area contributed by atoms with Gasteiger partial charge in [0, 0.05) is 12.2 Å². The van der Waals surface area contributed by atoms with Crippen molar-refractivity contribution in [3.63, 3.8) is 0 Å². The number of nitrogens with one attached hydrogen (secondary N) is 2. The van der Waals surface area contributed by atoms with Gasteiger partial charge in [0.2, 0.25) is 0 Å². The van der Waals surface area contributed by atoms with Gasteiger partial charge in [-0.25, -0.2) is 9.82 Å². The Labute approximate surface area is 190 Å². The maximum absolute atomic E-state index is 13.0. The van der Waals surface area contributed by atoms with Crippen LogP contribution in [0.25, 0.3) is 0 Å². The normalized spacial score (nSPS) is 11.3. The second-order valence-corrected chi connectivity index (χ2v) is 7.99. The van der Waals surface area contributed by atoms with Gasteiger partial charge in [-0.2, -0.15) is 5.10 Å². The predicted octanol–water partition coefficient (Wildman–Crippen LogP) is 4.16. The molecule has 1 heterocycles. The van der Waals surface area contributed by atoms with Gasteiger partial charge in [0.25, 0.3) is 5.91 Å². The van der Waals surface area contributed by atoms with E-state index in [4.69, 9.17) is 0 Å². The number of amides is 1. The molecule has 7 nitrogen and oxygen atoms in total. The molecule has 0 spiro atoms. The van der Waals surface area contributed by atoms with E-state index < -0.39 is 0 Å². The first-order valence-electron chi connectivity index (χ1n) is 10.0. The van der Waals surface area contributed by atoms with E-state index in [0.29, 0.717) is 24.0 Å². The van der Waals surface area contributed by atoms with E-state index >= 15 is 0 Å². The van der Waals surface area contributed by atoms with Crippen molar-refractivity contribution in [3.8, 4) is 0 Å². The van der Waals surface area contributed by atoms with E-state index in [9.17, 15) is 9.18 Å². The van der Waals surface area contributed by atoms with E-state index in [1.807, 2.05) is 35.8 Å². The van der Waals surface area contributed by atoms with Crippen LogP contribution >= 0.6 is 11.8 Å². The molecule has 0 fully saturated rings. The van der Waals surface area contributed by atoms with Crippen LogP contribution in [0.5, 0.6) is 0 Å². The highest BCUT2D eigenvalue weighted by atomic mass is 32.2. The molecule has 0 aliphatic heterocycles. The van der Waals surface area contributed by atoms with E-state index in [0.717, 1.165) is 17.1 Å². The number of carbonyl (C=O) groups excluding carboxylic acids is 1. The summed E-state index contributed by atoms with van der Waals surface area (Å²) in [7, 11) is 0. The smallest absolute Gasteiger partial charge is 0.250 e. The van der Waals surface area contributed by atoms with Crippen molar-refractivity contribution >= 4 is 29.1 Å². The Morgan fingerprint density at radius 2 is 1.91 bits per heavy atom. The Morgan fingerprint density at radius 3 is 2.59 bits per heavy atom. The Kier molecular flexibility index (Phi) is 8.15. The minimum absolute atomic E-state index is 0.126. The molecule has 9 heteroatoms. The largest absolute Gasteiger partial charge is 0.378 e. The molecule has 0 atom stereocenters. The highest BCUT2D eigenvalue weighted by Gasteiger charge is 2.13. The number of hydrogen-bond acceptors (Lipinski definition) is 6. The first-order chi connectivity index (χ1) is 15.5. The number of aryl methyl sites for hydroxylation is 1. The lowest BCUT2D eigenvalue weighted by atomic mass is 10.1. The number of thioether (sulfide) groups is 1. The third kappa shape index (κ3) is 6.52.